The van der Waals surface area contributed by atoms with Crippen molar-refractivity contribution >= 4 is 24.8 Å². The maximum atomic E-state index is 10.2. The number of nitrogens with one attached hydrogen (secondary N) is 1. The van der Waals surface area contributed by atoms with Crippen LogP contribution < -0.4 is 10.1 Å². The minimum atomic E-state index is -0.0813. The van der Waals surface area contributed by atoms with E-state index in [1.54, 1.807) is 6.07 Å². The molecule has 2 rings (SSSR count). The summed E-state index contributed by atoms with van der Waals surface area (Å²) in [6, 6.07) is 7.57. The third-order valence-corrected chi connectivity index (χ3v) is 3.49. The molecule has 0 aliphatic carbocycles. The number of rotatable bonds is 4. The van der Waals surface area contributed by atoms with Crippen molar-refractivity contribution in [1.29, 1.82) is 5.26 Å². The van der Waals surface area contributed by atoms with E-state index in [9.17, 15) is 5.11 Å². The van der Waals surface area contributed by atoms with E-state index in [2.05, 4.69) is 16.3 Å². The number of phenolic OH excluding ortho intramolecular Hbond substituents is 1. The first kappa shape index (κ1) is 19.8. The van der Waals surface area contributed by atoms with Gasteiger partial charge in [-0.25, -0.2) is 0 Å². The number of para-hydroxylation sites is 1. The van der Waals surface area contributed by atoms with Gasteiger partial charge in [-0.3, -0.25) is 4.90 Å². The molecule has 1 atom stereocenters. The molecule has 1 aliphatic heterocycles. The predicted octanol–water partition coefficient (Wildman–Crippen LogP) is 2.10. The van der Waals surface area contributed by atoms with Crippen molar-refractivity contribution in [2.24, 2.45) is 0 Å². The summed E-state index contributed by atoms with van der Waals surface area (Å²) in [5.41, 5.74) is 0.766. The van der Waals surface area contributed by atoms with E-state index in [-0.39, 0.29) is 36.6 Å². The standard InChI is InChI=1S/C14H19N3O2.2ClH/c1-19-13-4-2-3-11(14(13)18)12(5-6-15)17-9-7-16-8-10-17;;/h2-4,12,16,18H,5,7-10H2,1H3;2*1H/t12-;;/m1../s1. The molecule has 118 valence electrons. The quantitative estimate of drug-likeness (QED) is 0.883. The van der Waals surface area contributed by atoms with Gasteiger partial charge in [-0.15, -0.1) is 24.8 Å². The van der Waals surface area contributed by atoms with Gasteiger partial charge in [0.25, 0.3) is 0 Å². The zero-order valence-corrected chi connectivity index (χ0v) is 13.5. The van der Waals surface area contributed by atoms with Gasteiger partial charge in [0.05, 0.1) is 25.6 Å². The molecule has 2 N–H and O–H groups in total. The SMILES string of the molecule is COc1cccc([C@@H](CC#N)N2CCNCC2)c1O.Cl.Cl. The number of piperazine rings is 1. The number of benzene rings is 1. The van der Waals surface area contributed by atoms with Gasteiger partial charge in [0, 0.05) is 31.7 Å². The van der Waals surface area contributed by atoms with Crippen molar-refractivity contribution < 1.29 is 9.84 Å². The topological polar surface area (TPSA) is 68.5 Å². The second kappa shape index (κ2) is 9.69. The fourth-order valence-corrected chi connectivity index (χ4v) is 2.49. The van der Waals surface area contributed by atoms with E-state index >= 15 is 0 Å². The lowest BCUT2D eigenvalue weighted by Gasteiger charge is -2.34. The molecule has 0 amide bonds. The lowest BCUT2D eigenvalue weighted by atomic mass is 10.00. The molecule has 0 spiro atoms. The van der Waals surface area contributed by atoms with Crippen LogP contribution in [0.3, 0.4) is 0 Å². The molecule has 1 aromatic carbocycles. The highest BCUT2D eigenvalue weighted by atomic mass is 35.5. The molecule has 1 aromatic rings. The third kappa shape index (κ3) is 4.65. The van der Waals surface area contributed by atoms with Crippen LogP contribution in [0, 0.1) is 11.3 Å². The molecule has 7 heteroatoms. The van der Waals surface area contributed by atoms with E-state index in [1.165, 1.54) is 7.11 Å². The lowest BCUT2D eigenvalue weighted by molar-refractivity contribution is 0.172. The average molecular weight is 334 g/mol. The number of halogens is 2. The Morgan fingerprint density at radius 1 is 1.38 bits per heavy atom. The molecule has 0 bridgehead atoms. The number of nitriles is 1. The highest BCUT2D eigenvalue weighted by Crippen LogP contribution is 2.37. The monoisotopic (exact) mass is 333 g/mol. The van der Waals surface area contributed by atoms with E-state index in [0.717, 1.165) is 31.7 Å². The Kier molecular flexibility index (Phi) is 9.14. The van der Waals surface area contributed by atoms with Crippen molar-refractivity contribution in [3.63, 3.8) is 0 Å². The smallest absolute Gasteiger partial charge is 0.162 e. The number of ether oxygens (including phenoxy) is 1. The Labute approximate surface area is 137 Å². The number of aromatic hydroxyl groups is 1. The molecule has 1 heterocycles. The Morgan fingerprint density at radius 3 is 2.62 bits per heavy atom. The maximum Gasteiger partial charge on any atom is 0.162 e. The Balaban J connectivity index is 0.00000200. The van der Waals surface area contributed by atoms with Crippen LogP contribution in [0.4, 0.5) is 0 Å². The summed E-state index contributed by atoms with van der Waals surface area (Å²) >= 11 is 0. The minimum absolute atomic E-state index is 0. The van der Waals surface area contributed by atoms with Gasteiger partial charge in [0.1, 0.15) is 0 Å². The Morgan fingerprint density at radius 2 is 2.05 bits per heavy atom. The summed E-state index contributed by atoms with van der Waals surface area (Å²) in [5, 5.41) is 22.6. The minimum Gasteiger partial charge on any atom is -0.504 e. The first-order valence-corrected chi connectivity index (χ1v) is 6.45. The van der Waals surface area contributed by atoms with Crippen LogP contribution in [-0.2, 0) is 0 Å². The number of methoxy groups -OCH3 is 1. The maximum absolute atomic E-state index is 10.2. The second-order valence-electron chi connectivity index (χ2n) is 4.56. The summed E-state index contributed by atoms with van der Waals surface area (Å²) in [5.74, 6) is 0.597. The van der Waals surface area contributed by atoms with Crippen LogP contribution in [0.5, 0.6) is 11.5 Å². The molecule has 5 nitrogen and oxygen atoms in total. The van der Waals surface area contributed by atoms with Crippen molar-refractivity contribution in [3.05, 3.63) is 23.8 Å². The van der Waals surface area contributed by atoms with Crippen LogP contribution >= 0.6 is 24.8 Å². The average Bonchev–Trinajstić information content (AvgIpc) is 2.46. The number of hydrogen-bond acceptors (Lipinski definition) is 5. The number of nitrogens with zero attached hydrogens (tertiary/aromatic N) is 2. The van der Waals surface area contributed by atoms with E-state index < -0.39 is 0 Å². The molecule has 1 fully saturated rings. The van der Waals surface area contributed by atoms with Crippen molar-refractivity contribution in [1.82, 2.24) is 10.2 Å². The number of hydrogen-bond donors (Lipinski definition) is 2. The second-order valence-corrected chi connectivity index (χ2v) is 4.56. The first-order valence-electron chi connectivity index (χ1n) is 6.45. The Hall–Kier alpha value is -1.19. The first-order chi connectivity index (χ1) is 9.27. The highest BCUT2D eigenvalue weighted by molar-refractivity contribution is 5.85. The van der Waals surface area contributed by atoms with Crippen LogP contribution in [0.15, 0.2) is 18.2 Å². The summed E-state index contributed by atoms with van der Waals surface area (Å²) in [6.45, 7) is 3.57. The summed E-state index contributed by atoms with van der Waals surface area (Å²) in [4.78, 5) is 2.23. The van der Waals surface area contributed by atoms with Gasteiger partial charge in [-0.2, -0.15) is 5.26 Å². The van der Waals surface area contributed by atoms with E-state index in [0.29, 0.717) is 12.2 Å². The lowest BCUT2D eigenvalue weighted by Crippen LogP contribution is -2.45. The molecule has 0 radical (unpaired) electrons. The molecule has 1 saturated heterocycles. The fourth-order valence-electron chi connectivity index (χ4n) is 2.49. The van der Waals surface area contributed by atoms with Crippen molar-refractivity contribution in [2.45, 2.75) is 12.5 Å². The van der Waals surface area contributed by atoms with Crippen molar-refractivity contribution in [3.8, 4) is 17.6 Å². The summed E-state index contributed by atoms with van der Waals surface area (Å²) in [7, 11) is 1.53. The molecule has 0 saturated carbocycles. The molecule has 0 aromatic heterocycles. The fraction of sp³-hybridized carbons (Fsp3) is 0.500. The van der Waals surface area contributed by atoms with Gasteiger partial charge in [-0.1, -0.05) is 12.1 Å². The molecular weight excluding hydrogens is 313 g/mol. The van der Waals surface area contributed by atoms with Gasteiger partial charge in [0.15, 0.2) is 11.5 Å². The normalized spacial score (nSPS) is 16.0. The van der Waals surface area contributed by atoms with Gasteiger partial charge >= 0.3 is 0 Å². The van der Waals surface area contributed by atoms with E-state index in [1.807, 2.05) is 12.1 Å². The zero-order valence-electron chi connectivity index (χ0n) is 11.9. The van der Waals surface area contributed by atoms with Crippen LogP contribution in [0.2, 0.25) is 0 Å². The van der Waals surface area contributed by atoms with Crippen LogP contribution in [-0.4, -0.2) is 43.3 Å². The zero-order chi connectivity index (χ0) is 13.7. The molecular formula is C14H21Cl2N3O2. The van der Waals surface area contributed by atoms with Crippen LogP contribution in [0.1, 0.15) is 18.0 Å². The third-order valence-electron chi connectivity index (χ3n) is 3.49. The largest absolute Gasteiger partial charge is 0.504 e. The van der Waals surface area contributed by atoms with Gasteiger partial charge in [-0.05, 0) is 6.07 Å². The van der Waals surface area contributed by atoms with Crippen molar-refractivity contribution in [2.75, 3.05) is 33.3 Å². The summed E-state index contributed by atoms with van der Waals surface area (Å²) < 4.78 is 5.14. The summed E-state index contributed by atoms with van der Waals surface area (Å²) in [6.07, 6.45) is 0.362. The van der Waals surface area contributed by atoms with E-state index in [4.69, 9.17) is 10.00 Å². The van der Waals surface area contributed by atoms with Crippen LogP contribution in [0.25, 0.3) is 0 Å². The van der Waals surface area contributed by atoms with Gasteiger partial charge < -0.3 is 15.2 Å². The highest BCUT2D eigenvalue weighted by Gasteiger charge is 2.25. The molecule has 0 unspecified atom stereocenters. The van der Waals surface area contributed by atoms with Gasteiger partial charge in [0.2, 0.25) is 0 Å². The predicted molar refractivity (Wildman–Crippen MR) is 86.6 cm³/mol. The Bertz CT molecular complexity index is 474. The molecule has 21 heavy (non-hydrogen) atoms. The number of phenols is 1. The molecule has 1 aliphatic rings.